The molecule has 0 spiro atoms. The molecule has 0 rings (SSSR count). The molecular weight excluding hydrogens is 757 g/mol. The lowest BCUT2D eigenvalue weighted by molar-refractivity contribution is -0.166. The quantitative estimate of drug-likeness (QED) is 0.0199. The van der Waals surface area contributed by atoms with Crippen molar-refractivity contribution in [3.63, 3.8) is 0 Å². The molecule has 1 unspecified atom stereocenters. The lowest BCUT2D eigenvalue weighted by atomic mass is 10.0. The molecule has 0 bridgehead atoms. The van der Waals surface area contributed by atoms with Gasteiger partial charge >= 0.3 is 17.9 Å². The molecule has 0 aromatic rings. The molecule has 0 aliphatic rings. The summed E-state index contributed by atoms with van der Waals surface area (Å²) in [6.45, 7) is 6.52. The van der Waals surface area contributed by atoms with E-state index < -0.39 is 6.10 Å². The van der Waals surface area contributed by atoms with Crippen molar-refractivity contribution in [3.05, 3.63) is 48.6 Å². The molecule has 0 saturated carbocycles. The van der Waals surface area contributed by atoms with Gasteiger partial charge < -0.3 is 14.2 Å². The third kappa shape index (κ3) is 48.3. The Morgan fingerprint density at radius 1 is 0.344 bits per heavy atom. The number of unbranched alkanes of at least 4 members (excludes halogenated alkanes) is 29. The zero-order valence-electron chi connectivity index (χ0n) is 40.4. The van der Waals surface area contributed by atoms with Crippen molar-refractivity contribution in [3.8, 4) is 0 Å². The highest BCUT2D eigenvalue weighted by Gasteiger charge is 2.19. The van der Waals surface area contributed by atoms with Gasteiger partial charge in [-0.25, -0.2) is 0 Å². The second-order valence-electron chi connectivity index (χ2n) is 17.5. The van der Waals surface area contributed by atoms with E-state index in [4.69, 9.17) is 14.2 Å². The third-order valence-electron chi connectivity index (χ3n) is 11.3. The smallest absolute Gasteiger partial charge is 0.306 e. The van der Waals surface area contributed by atoms with Crippen LogP contribution >= 0.6 is 0 Å². The molecule has 0 heterocycles. The highest BCUT2D eigenvalue weighted by molar-refractivity contribution is 5.71. The molecule has 6 nitrogen and oxygen atoms in total. The molecule has 0 saturated heterocycles. The first-order valence-electron chi connectivity index (χ1n) is 26.2. The largest absolute Gasteiger partial charge is 0.462 e. The van der Waals surface area contributed by atoms with Gasteiger partial charge in [0.25, 0.3) is 0 Å². The van der Waals surface area contributed by atoms with Crippen LogP contribution in [0.25, 0.3) is 0 Å². The highest BCUT2D eigenvalue weighted by atomic mass is 16.6. The number of hydrogen-bond donors (Lipinski definition) is 0. The molecule has 61 heavy (non-hydrogen) atoms. The molecule has 0 aliphatic carbocycles. The first kappa shape index (κ1) is 58.4. The summed E-state index contributed by atoms with van der Waals surface area (Å²) in [7, 11) is 0. The Bertz CT molecular complexity index is 1070. The van der Waals surface area contributed by atoms with Gasteiger partial charge in [0, 0.05) is 19.3 Å². The number of hydrogen-bond acceptors (Lipinski definition) is 6. The van der Waals surface area contributed by atoms with Gasteiger partial charge in [-0.05, 0) is 57.8 Å². The summed E-state index contributed by atoms with van der Waals surface area (Å²) in [5.41, 5.74) is 0. The van der Waals surface area contributed by atoms with Crippen LogP contribution in [0.1, 0.15) is 265 Å². The molecule has 0 radical (unpaired) electrons. The molecule has 0 aromatic carbocycles. The Morgan fingerprint density at radius 3 is 1.13 bits per heavy atom. The van der Waals surface area contributed by atoms with Gasteiger partial charge in [0.2, 0.25) is 0 Å². The van der Waals surface area contributed by atoms with E-state index >= 15 is 0 Å². The van der Waals surface area contributed by atoms with Crippen LogP contribution in [-0.2, 0) is 28.6 Å². The van der Waals surface area contributed by atoms with Gasteiger partial charge in [-0.1, -0.05) is 236 Å². The van der Waals surface area contributed by atoms with Crippen LogP contribution in [0, 0.1) is 0 Å². The van der Waals surface area contributed by atoms with Crippen molar-refractivity contribution in [2.24, 2.45) is 0 Å². The molecule has 354 valence electrons. The summed E-state index contributed by atoms with van der Waals surface area (Å²) in [4.78, 5) is 37.9. The average Bonchev–Trinajstić information content (AvgIpc) is 3.26. The van der Waals surface area contributed by atoms with E-state index in [0.717, 1.165) is 64.2 Å². The van der Waals surface area contributed by atoms with Crippen LogP contribution < -0.4 is 0 Å². The molecule has 0 fully saturated rings. The molecule has 0 aliphatic heterocycles. The molecular formula is C55H98O6. The number of allylic oxidation sites excluding steroid dienone is 8. The van der Waals surface area contributed by atoms with Crippen molar-refractivity contribution >= 4 is 17.9 Å². The fourth-order valence-electron chi connectivity index (χ4n) is 7.36. The normalized spacial score (nSPS) is 12.4. The Balaban J connectivity index is 4.36. The van der Waals surface area contributed by atoms with Crippen molar-refractivity contribution < 1.29 is 28.6 Å². The zero-order chi connectivity index (χ0) is 44.4. The topological polar surface area (TPSA) is 78.9 Å². The minimum absolute atomic E-state index is 0.102. The van der Waals surface area contributed by atoms with Gasteiger partial charge in [0.15, 0.2) is 6.10 Å². The summed E-state index contributed by atoms with van der Waals surface area (Å²) in [5, 5.41) is 0. The first-order chi connectivity index (χ1) is 30.0. The van der Waals surface area contributed by atoms with Crippen LogP contribution in [0.2, 0.25) is 0 Å². The number of carbonyl (C=O) groups is 3. The van der Waals surface area contributed by atoms with Gasteiger partial charge in [0.05, 0.1) is 0 Å². The van der Waals surface area contributed by atoms with E-state index in [-0.39, 0.29) is 37.5 Å². The summed E-state index contributed by atoms with van der Waals surface area (Å²) < 4.78 is 16.7. The Labute approximate surface area is 378 Å². The van der Waals surface area contributed by atoms with Gasteiger partial charge in [-0.3, -0.25) is 14.4 Å². The molecule has 6 heteroatoms. The molecule has 1 atom stereocenters. The van der Waals surface area contributed by atoms with Crippen molar-refractivity contribution in [1.82, 2.24) is 0 Å². The fourth-order valence-corrected chi connectivity index (χ4v) is 7.36. The molecule has 0 amide bonds. The summed E-state index contributed by atoms with van der Waals surface area (Å²) in [5.74, 6) is -0.993. The van der Waals surface area contributed by atoms with E-state index in [1.807, 2.05) is 6.08 Å². The van der Waals surface area contributed by atoms with Crippen LogP contribution in [0.5, 0.6) is 0 Å². The Morgan fingerprint density at radius 2 is 0.689 bits per heavy atom. The average molecular weight is 855 g/mol. The predicted molar refractivity (Wildman–Crippen MR) is 261 cm³/mol. The maximum Gasteiger partial charge on any atom is 0.306 e. The standard InChI is InChI=1S/C55H98O6/c1-4-7-10-13-16-19-22-24-25-26-27-28-29-31-33-36-39-42-45-48-54(57)60-51-52(50-59-53(56)47-44-41-38-35-32-21-18-15-12-9-6-3)61-55(58)49-46-43-40-37-34-30-23-20-17-14-11-8-5-2/h15,18,21,30,32,34,40,43,52H,4-14,16-17,19-20,22-29,31,33,35-39,41-42,44-51H2,1-3H3/b18-15-,32-21-,34-30-,43-40-. The van der Waals surface area contributed by atoms with E-state index in [9.17, 15) is 14.4 Å². The predicted octanol–water partition coefficient (Wildman–Crippen LogP) is 17.1. The summed E-state index contributed by atoms with van der Waals surface area (Å²) in [6.07, 6.45) is 59.8. The number of esters is 3. The first-order valence-corrected chi connectivity index (χ1v) is 26.2. The van der Waals surface area contributed by atoms with Crippen molar-refractivity contribution in [1.29, 1.82) is 0 Å². The fraction of sp³-hybridized carbons (Fsp3) is 0.800. The van der Waals surface area contributed by atoms with Crippen molar-refractivity contribution in [2.75, 3.05) is 13.2 Å². The maximum atomic E-state index is 12.7. The minimum atomic E-state index is -0.810. The molecule has 0 aromatic heterocycles. The third-order valence-corrected chi connectivity index (χ3v) is 11.3. The van der Waals surface area contributed by atoms with Crippen LogP contribution in [0.3, 0.4) is 0 Å². The van der Waals surface area contributed by atoms with Crippen LogP contribution in [0.15, 0.2) is 48.6 Å². The summed E-state index contributed by atoms with van der Waals surface area (Å²) in [6, 6.07) is 0. The summed E-state index contributed by atoms with van der Waals surface area (Å²) >= 11 is 0. The Kier molecular flexibility index (Phi) is 47.9. The Hall–Kier alpha value is -2.63. The van der Waals surface area contributed by atoms with E-state index in [1.54, 1.807) is 0 Å². The van der Waals surface area contributed by atoms with Gasteiger partial charge in [-0.2, -0.15) is 0 Å². The minimum Gasteiger partial charge on any atom is -0.462 e. The lowest BCUT2D eigenvalue weighted by Gasteiger charge is -2.18. The number of rotatable bonds is 47. The van der Waals surface area contributed by atoms with E-state index in [1.165, 1.54) is 154 Å². The second-order valence-corrected chi connectivity index (χ2v) is 17.5. The SMILES string of the molecule is CCCC/C=C\C=C/CCCCCC(=O)OCC(COC(=O)CCCCCCCCCCCCCCCCCCCCC)OC(=O)CC/C=C\C/C=C\CCCCCCCC. The van der Waals surface area contributed by atoms with Gasteiger partial charge in [0.1, 0.15) is 13.2 Å². The van der Waals surface area contributed by atoms with Crippen molar-refractivity contribution in [2.45, 2.75) is 271 Å². The highest BCUT2D eigenvalue weighted by Crippen LogP contribution is 2.16. The van der Waals surface area contributed by atoms with Crippen LogP contribution in [-0.4, -0.2) is 37.2 Å². The zero-order valence-corrected chi connectivity index (χ0v) is 40.4. The second kappa shape index (κ2) is 50.0. The van der Waals surface area contributed by atoms with E-state index in [2.05, 4.69) is 63.3 Å². The van der Waals surface area contributed by atoms with Gasteiger partial charge in [-0.15, -0.1) is 0 Å². The van der Waals surface area contributed by atoms with Crippen LogP contribution in [0.4, 0.5) is 0 Å². The molecule has 0 N–H and O–H groups in total. The monoisotopic (exact) mass is 855 g/mol. The maximum absolute atomic E-state index is 12.7. The number of ether oxygens (including phenoxy) is 3. The van der Waals surface area contributed by atoms with E-state index in [0.29, 0.717) is 19.3 Å². The number of carbonyl (C=O) groups excluding carboxylic acids is 3. The lowest BCUT2D eigenvalue weighted by Crippen LogP contribution is -2.30.